The van der Waals surface area contributed by atoms with Crippen molar-refractivity contribution in [1.29, 1.82) is 0 Å². The third-order valence-electron chi connectivity index (χ3n) is 5.60. The summed E-state index contributed by atoms with van der Waals surface area (Å²) in [5.41, 5.74) is 0.474. The number of carbonyl (C=O) groups is 3. The molecule has 7 heteroatoms. The lowest BCUT2D eigenvalue weighted by Crippen LogP contribution is -2.54. The Hall–Kier alpha value is -2.08. The van der Waals surface area contributed by atoms with E-state index in [9.17, 15) is 14.4 Å². The van der Waals surface area contributed by atoms with E-state index in [1.807, 2.05) is 20.8 Å². The average Bonchev–Trinajstić information content (AvgIpc) is 2.75. The summed E-state index contributed by atoms with van der Waals surface area (Å²) in [5.74, 6) is -0.322. The van der Waals surface area contributed by atoms with E-state index in [0.717, 1.165) is 12.8 Å². The molecule has 1 heterocycles. The van der Waals surface area contributed by atoms with E-state index in [4.69, 9.17) is 11.6 Å². The van der Waals surface area contributed by atoms with Gasteiger partial charge in [-0.1, -0.05) is 38.8 Å². The summed E-state index contributed by atoms with van der Waals surface area (Å²) in [6.45, 7) is 7.75. The number of halogens is 1. The molecule has 1 aliphatic rings. The normalized spacial score (nSPS) is 16.8. The SMILES string of the molecule is CCCNC(=O)C1CCN(C(=O)C(NC(=O)c2ccc(Cl)cc2)C(C)CC)CC1. The van der Waals surface area contributed by atoms with Gasteiger partial charge in [0.25, 0.3) is 5.91 Å². The highest BCUT2D eigenvalue weighted by Crippen LogP contribution is 2.20. The van der Waals surface area contributed by atoms with Gasteiger partial charge in [-0.15, -0.1) is 0 Å². The van der Waals surface area contributed by atoms with Gasteiger partial charge in [-0.2, -0.15) is 0 Å². The second-order valence-corrected chi connectivity index (χ2v) is 8.17. The molecule has 0 spiro atoms. The Kier molecular flexibility index (Phi) is 8.96. The van der Waals surface area contributed by atoms with Crippen LogP contribution in [-0.4, -0.2) is 48.3 Å². The minimum absolute atomic E-state index is 0.00401. The van der Waals surface area contributed by atoms with Crippen LogP contribution in [0.3, 0.4) is 0 Å². The highest BCUT2D eigenvalue weighted by Gasteiger charge is 2.33. The number of nitrogens with zero attached hydrogens (tertiary/aromatic N) is 1. The second kappa shape index (κ2) is 11.2. The fourth-order valence-corrected chi connectivity index (χ4v) is 3.59. The van der Waals surface area contributed by atoms with Crippen molar-refractivity contribution in [2.45, 2.75) is 52.5 Å². The summed E-state index contributed by atoms with van der Waals surface area (Å²) in [6.07, 6.45) is 2.99. The van der Waals surface area contributed by atoms with Gasteiger partial charge in [0.2, 0.25) is 11.8 Å². The molecule has 2 unspecified atom stereocenters. The monoisotopic (exact) mass is 421 g/mol. The van der Waals surface area contributed by atoms with Crippen molar-refractivity contribution in [3.05, 3.63) is 34.9 Å². The maximum atomic E-state index is 13.2. The van der Waals surface area contributed by atoms with E-state index in [0.29, 0.717) is 43.1 Å². The second-order valence-electron chi connectivity index (χ2n) is 7.73. The van der Waals surface area contributed by atoms with E-state index in [1.54, 1.807) is 29.2 Å². The molecule has 0 aromatic heterocycles. The molecule has 1 aliphatic heterocycles. The van der Waals surface area contributed by atoms with E-state index >= 15 is 0 Å². The number of rotatable bonds is 8. The lowest BCUT2D eigenvalue weighted by Gasteiger charge is -2.35. The van der Waals surface area contributed by atoms with Crippen LogP contribution >= 0.6 is 11.6 Å². The number of hydrogen-bond donors (Lipinski definition) is 2. The Morgan fingerprint density at radius 2 is 1.76 bits per heavy atom. The third kappa shape index (κ3) is 6.46. The van der Waals surface area contributed by atoms with E-state index < -0.39 is 6.04 Å². The lowest BCUT2D eigenvalue weighted by atomic mass is 9.93. The number of piperidine rings is 1. The van der Waals surface area contributed by atoms with Gasteiger partial charge in [-0.25, -0.2) is 0 Å². The van der Waals surface area contributed by atoms with Crippen LogP contribution in [0.1, 0.15) is 56.8 Å². The zero-order valence-electron chi connectivity index (χ0n) is 17.5. The summed E-state index contributed by atoms with van der Waals surface area (Å²) in [7, 11) is 0. The van der Waals surface area contributed by atoms with Crippen molar-refractivity contribution >= 4 is 29.3 Å². The van der Waals surface area contributed by atoms with Gasteiger partial charge in [-0.3, -0.25) is 14.4 Å². The van der Waals surface area contributed by atoms with Gasteiger partial charge >= 0.3 is 0 Å². The molecule has 1 saturated heterocycles. The van der Waals surface area contributed by atoms with Gasteiger partial charge in [0.1, 0.15) is 6.04 Å². The van der Waals surface area contributed by atoms with Crippen LogP contribution in [0.2, 0.25) is 5.02 Å². The number of carbonyl (C=O) groups excluding carboxylic acids is 3. The first kappa shape index (κ1) is 23.2. The van der Waals surface area contributed by atoms with Crippen molar-refractivity contribution in [2.24, 2.45) is 11.8 Å². The molecule has 1 aromatic carbocycles. The van der Waals surface area contributed by atoms with Crippen molar-refractivity contribution in [1.82, 2.24) is 15.5 Å². The van der Waals surface area contributed by atoms with Crippen LogP contribution in [0.15, 0.2) is 24.3 Å². The minimum atomic E-state index is -0.589. The molecule has 2 atom stereocenters. The molecule has 2 N–H and O–H groups in total. The van der Waals surface area contributed by atoms with E-state index in [-0.39, 0.29) is 29.6 Å². The van der Waals surface area contributed by atoms with Crippen molar-refractivity contribution in [2.75, 3.05) is 19.6 Å². The molecule has 3 amide bonds. The van der Waals surface area contributed by atoms with Gasteiger partial charge in [0, 0.05) is 36.1 Å². The maximum absolute atomic E-state index is 13.2. The number of amides is 3. The topological polar surface area (TPSA) is 78.5 Å². The zero-order chi connectivity index (χ0) is 21.4. The minimum Gasteiger partial charge on any atom is -0.356 e. The van der Waals surface area contributed by atoms with Gasteiger partial charge < -0.3 is 15.5 Å². The van der Waals surface area contributed by atoms with Crippen LogP contribution in [0.25, 0.3) is 0 Å². The molecule has 0 aliphatic carbocycles. The average molecular weight is 422 g/mol. The molecule has 29 heavy (non-hydrogen) atoms. The Bertz CT molecular complexity index is 700. The molecular weight excluding hydrogens is 390 g/mol. The highest BCUT2D eigenvalue weighted by atomic mass is 35.5. The summed E-state index contributed by atoms with van der Waals surface area (Å²) < 4.78 is 0. The lowest BCUT2D eigenvalue weighted by molar-refractivity contribution is -0.138. The molecule has 0 bridgehead atoms. The van der Waals surface area contributed by atoms with Crippen molar-refractivity contribution < 1.29 is 14.4 Å². The van der Waals surface area contributed by atoms with Crippen LogP contribution < -0.4 is 10.6 Å². The summed E-state index contributed by atoms with van der Waals surface area (Å²) in [5, 5.41) is 6.40. The summed E-state index contributed by atoms with van der Waals surface area (Å²) >= 11 is 5.89. The van der Waals surface area contributed by atoms with Gasteiger partial charge in [0.15, 0.2) is 0 Å². The van der Waals surface area contributed by atoms with E-state index in [2.05, 4.69) is 10.6 Å². The Balaban J connectivity index is 1.99. The smallest absolute Gasteiger partial charge is 0.251 e. The van der Waals surface area contributed by atoms with Crippen molar-refractivity contribution in [3.8, 4) is 0 Å². The predicted molar refractivity (Wildman–Crippen MR) is 115 cm³/mol. The fraction of sp³-hybridized carbons (Fsp3) is 0.591. The highest BCUT2D eigenvalue weighted by molar-refractivity contribution is 6.30. The van der Waals surface area contributed by atoms with Gasteiger partial charge in [-0.05, 0) is 49.4 Å². The molecule has 1 aromatic rings. The number of likely N-dealkylation sites (tertiary alicyclic amines) is 1. The molecule has 1 fully saturated rings. The Morgan fingerprint density at radius 1 is 1.14 bits per heavy atom. The first-order valence-corrected chi connectivity index (χ1v) is 10.9. The number of benzene rings is 1. The number of nitrogens with one attached hydrogen (secondary N) is 2. The van der Waals surface area contributed by atoms with Crippen LogP contribution in [0, 0.1) is 11.8 Å². The zero-order valence-corrected chi connectivity index (χ0v) is 18.3. The van der Waals surface area contributed by atoms with Crippen LogP contribution in [-0.2, 0) is 9.59 Å². The Labute approximate surface area is 178 Å². The quantitative estimate of drug-likeness (QED) is 0.676. The molecular formula is C22H32ClN3O3. The van der Waals surface area contributed by atoms with E-state index in [1.165, 1.54) is 0 Å². The standard InChI is InChI=1S/C22H32ClN3O3/c1-4-12-24-20(27)17-10-13-26(14-11-17)22(29)19(15(3)5-2)25-21(28)16-6-8-18(23)9-7-16/h6-9,15,17,19H,4-5,10-14H2,1-3H3,(H,24,27)(H,25,28). The van der Waals surface area contributed by atoms with Crippen LogP contribution in [0.5, 0.6) is 0 Å². The third-order valence-corrected chi connectivity index (χ3v) is 5.85. The first-order valence-electron chi connectivity index (χ1n) is 10.5. The summed E-state index contributed by atoms with van der Waals surface area (Å²) in [4.78, 5) is 39.7. The molecule has 0 radical (unpaired) electrons. The Morgan fingerprint density at radius 3 is 2.31 bits per heavy atom. The molecule has 0 saturated carbocycles. The fourth-order valence-electron chi connectivity index (χ4n) is 3.46. The largest absolute Gasteiger partial charge is 0.356 e. The van der Waals surface area contributed by atoms with Crippen molar-refractivity contribution in [3.63, 3.8) is 0 Å². The molecule has 160 valence electrons. The van der Waals surface area contributed by atoms with Crippen LogP contribution in [0.4, 0.5) is 0 Å². The predicted octanol–water partition coefficient (Wildman–Crippen LogP) is 3.25. The van der Waals surface area contributed by atoms with Gasteiger partial charge in [0.05, 0.1) is 0 Å². The molecule has 6 nitrogen and oxygen atoms in total. The number of hydrogen-bond acceptors (Lipinski definition) is 3. The molecule has 2 rings (SSSR count). The summed E-state index contributed by atoms with van der Waals surface area (Å²) in [6, 6.07) is 6.02. The first-order chi connectivity index (χ1) is 13.9. The maximum Gasteiger partial charge on any atom is 0.251 e.